The molecule has 75 valence electrons. The predicted molar refractivity (Wildman–Crippen MR) is 38.0 cm³/mol. The monoisotopic (exact) mass is 219 g/mol. The summed E-state index contributed by atoms with van der Waals surface area (Å²) in [6, 6.07) is 1.08. The number of benzene rings is 1. The molecule has 1 aromatic rings. The van der Waals surface area contributed by atoms with E-state index in [4.69, 9.17) is 0 Å². The van der Waals surface area contributed by atoms with Gasteiger partial charge in [0, 0.05) is 0 Å². The van der Waals surface area contributed by atoms with Crippen molar-refractivity contribution in [1.29, 1.82) is 0 Å². The van der Waals surface area contributed by atoms with E-state index in [2.05, 4.69) is 0 Å². The molecule has 13 heavy (non-hydrogen) atoms. The van der Waals surface area contributed by atoms with Crippen molar-refractivity contribution < 1.29 is 24.5 Å². The summed E-state index contributed by atoms with van der Waals surface area (Å²) in [4.78, 5) is -2.04. The van der Waals surface area contributed by atoms with Crippen molar-refractivity contribution in [1.82, 2.24) is 0 Å². The second kappa shape index (κ2) is 1.92. The maximum atomic E-state index is 12.0. The van der Waals surface area contributed by atoms with Crippen molar-refractivity contribution in [3.8, 4) is 5.75 Å². The third kappa shape index (κ3) is 2.48. The number of hydrogen-bond donors (Lipinski definition) is 0. The van der Waals surface area contributed by atoms with Crippen LogP contribution < -0.4 is 0 Å². The molecule has 1 aromatic carbocycles. The molecule has 0 spiro atoms. The Labute approximate surface area is 70.5 Å². The number of halogens is 5. The molecule has 1 nitrogen and oxygen atoms in total. The summed E-state index contributed by atoms with van der Waals surface area (Å²) in [5.74, 6) is -0.745. The fourth-order valence-corrected chi connectivity index (χ4v) is 1.35. The van der Waals surface area contributed by atoms with Crippen LogP contribution in [0.1, 0.15) is 0 Å². The molecule has 0 N–H and O–H groups in total. The van der Waals surface area contributed by atoms with Gasteiger partial charge < -0.3 is 0 Å². The molecule has 1 radical (unpaired) electrons. The lowest BCUT2D eigenvalue weighted by Gasteiger charge is -2.40. The maximum Gasteiger partial charge on any atom is 0.310 e. The minimum atomic E-state index is -9.59. The minimum absolute atomic E-state index is 0.0872. The number of rotatable bonds is 1. The minimum Gasteiger partial charge on any atom is -0.290 e. The highest BCUT2D eigenvalue weighted by molar-refractivity contribution is 8.45. The van der Waals surface area contributed by atoms with Gasteiger partial charge in [-0.1, -0.05) is 19.4 Å². The number of hydrogen-bond acceptors (Lipinski definition) is 0. The highest BCUT2D eigenvalue weighted by Gasteiger charge is 2.65. The van der Waals surface area contributed by atoms with Crippen LogP contribution in [-0.4, -0.2) is 0 Å². The van der Waals surface area contributed by atoms with Crippen LogP contribution in [-0.2, 0) is 5.11 Å². The summed E-state index contributed by atoms with van der Waals surface area (Å²) >= 11 is 0. The third-order valence-electron chi connectivity index (χ3n) is 1.27. The van der Waals surface area contributed by atoms with Crippen LogP contribution in [0.15, 0.2) is 29.2 Å². The Hall–Kier alpha value is -0.980. The zero-order chi connectivity index (χ0) is 10.4. The van der Waals surface area contributed by atoms with E-state index in [1.54, 1.807) is 0 Å². The molecular formula is C6H4F5OS. The van der Waals surface area contributed by atoms with Crippen LogP contribution >= 0.6 is 10.2 Å². The summed E-state index contributed by atoms with van der Waals surface area (Å²) in [7, 11) is -9.59. The van der Waals surface area contributed by atoms with Gasteiger partial charge in [0.15, 0.2) is 5.75 Å². The first-order chi connectivity index (χ1) is 5.49. The smallest absolute Gasteiger partial charge is 0.290 e. The van der Waals surface area contributed by atoms with E-state index >= 15 is 0 Å². The molecular weight excluding hydrogens is 215 g/mol. The fourth-order valence-electron chi connectivity index (χ4n) is 0.697. The molecule has 0 aliphatic carbocycles. The maximum absolute atomic E-state index is 12.0. The molecule has 0 aliphatic rings. The Morgan fingerprint density at radius 3 is 1.54 bits per heavy atom. The lowest BCUT2D eigenvalue weighted by Crippen LogP contribution is -2.05. The van der Waals surface area contributed by atoms with Gasteiger partial charge in [0.1, 0.15) is 4.90 Å². The predicted octanol–water partition coefficient (Wildman–Crippen LogP) is 4.49. The largest absolute Gasteiger partial charge is 0.310 e. The Bertz CT molecular complexity index is 325. The van der Waals surface area contributed by atoms with Crippen LogP contribution in [0.4, 0.5) is 19.4 Å². The van der Waals surface area contributed by atoms with Gasteiger partial charge in [-0.3, -0.25) is 5.11 Å². The molecule has 7 heteroatoms. The molecule has 0 amide bonds. The molecule has 0 aliphatic heterocycles. The van der Waals surface area contributed by atoms with Crippen LogP contribution in [0.25, 0.3) is 0 Å². The standard InChI is InChI=1S/C6H4F5OS/c7-13(8,9,10,11)6-3-1-5(12)2-4-6/h1-4H. The third-order valence-corrected chi connectivity index (χ3v) is 2.43. The molecule has 0 bridgehead atoms. The van der Waals surface area contributed by atoms with Crippen molar-refractivity contribution >= 4 is 10.2 Å². The van der Waals surface area contributed by atoms with Crippen LogP contribution in [0.2, 0.25) is 0 Å². The normalized spacial score (nSPS) is 17.6. The van der Waals surface area contributed by atoms with Gasteiger partial charge in [-0.2, -0.15) is 0 Å². The Kier molecular flexibility index (Phi) is 1.49. The Morgan fingerprint density at radius 2 is 1.23 bits per heavy atom. The molecule has 0 saturated carbocycles. The van der Waals surface area contributed by atoms with Gasteiger partial charge in [-0.15, -0.1) is 0 Å². The first-order valence-corrected chi connectivity index (χ1v) is 4.95. The van der Waals surface area contributed by atoms with Gasteiger partial charge in [0.25, 0.3) is 0 Å². The van der Waals surface area contributed by atoms with Crippen LogP contribution in [0.5, 0.6) is 5.75 Å². The van der Waals surface area contributed by atoms with Crippen LogP contribution in [0, 0.1) is 0 Å². The van der Waals surface area contributed by atoms with Crippen LogP contribution in [0.3, 0.4) is 0 Å². The first kappa shape index (κ1) is 10.1. The van der Waals surface area contributed by atoms with Crippen molar-refractivity contribution in [2.45, 2.75) is 4.90 Å². The molecule has 0 atom stereocenters. The van der Waals surface area contributed by atoms with E-state index in [0.29, 0.717) is 12.1 Å². The van der Waals surface area contributed by atoms with Gasteiger partial charge in [0.05, 0.1) is 0 Å². The van der Waals surface area contributed by atoms with E-state index in [0.717, 1.165) is 0 Å². The molecule has 0 saturated heterocycles. The zero-order valence-corrected chi connectivity index (χ0v) is 6.83. The summed E-state index contributed by atoms with van der Waals surface area (Å²) in [6.45, 7) is 0. The Balaban J connectivity index is 3.34. The average Bonchev–Trinajstić information content (AvgIpc) is 1.82. The van der Waals surface area contributed by atoms with Crippen molar-refractivity contribution in [3.05, 3.63) is 24.3 Å². The van der Waals surface area contributed by atoms with Gasteiger partial charge >= 0.3 is 10.2 Å². The molecule has 1 rings (SSSR count). The lowest BCUT2D eigenvalue weighted by atomic mass is 10.3. The molecule has 0 fully saturated rings. The van der Waals surface area contributed by atoms with E-state index in [-0.39, 0.29) is 12.1 Å². The van der Waals surface area contributed by atoms with E-state index < -0.39 is 20.9 Å². The topological polar surface area (TPSA) is 19.9 Å². The van der Waals surface area contributed by atoms with Crippen molar-refractivity contribution in [2.24, 2.45) is 0 Å². The van der Waals surface area contributed by atoms with E-state index in [1.807, 2.05) is 0 Å². The fraction of sp³-hybridized carbons (Fsp3) is 0. The van der Waals surface area contributed by atoms with E-state index in [9.17, 15) is 24.5 Å². The summed E-state index contributed by atoms with van der Waals surface area (Å²) < 4.78 is 59.9. The van der Waals surface area contributed by atoms with E-state index in [1.165, 1.54) is 0 Å². The summed E-state index contributed by atoms with van der Waals surface area (Å²) in [5.41, 5.74) is 0. The SMILES string of the molecule is [O]c1ccc(S(F)(F)(F)(F)F)cc1. The van der Waals surface area contributed by atoms with Gasteiger partial charge in [0.2, 0.25) is 0 Å². The summed E-state index contributed by atoms with van der Waals surface area (Å²) in [5, 5.41) is 10.4. The summed E-state index contributed by atoms with van der Waals surface area (Å²) in [6.07, 6.45) is 0. The second-order valence-corrected chi connectivity index (χ2v) is 4.85. The first-order valence-electron chi connectivity index (χ1n) is 3.00. The Morgan fingerprint density at radius 1 is 0.846 bits per heavy atom. The highest BCUT2D eigenvalue weighted by atomic mass is 32.5. The molecule has 0 aromatic heterocycles. The lowest BCUT2D eigenvalue weighted by molar-refractivity contribution is 0.352. The van der Waals surface area contributed by atoms with Crippen molar-refractivity contribution in [3.63, 3.8) is 0 Å². The van der Waals surface area contributed by atoms with Crippen molar-refractivity contribution in [2.75, 3.05) is 0 Å². The zero-order valence-electron chi connectivity index (χ0n) is 6.02. The van der Waals surface area contributed by atoms with Gasteiger partial charge in [-0.25, -0.2) is 0 Å². The average molecular weight is 219 g/mol. The second-order valence-electron chi connectivity index (χ2n) is 2.44. The van der Waals surface area contributed by atoms with Gasteiger partial charge in [-0.05, 0) is 24.3 Å². The quantitative estimate of drug-likeness (QED) is 0.620. The molecule has 0 heterocycles. The highest BCUT2D eigenvalue weighted by Crippen LogP contribution is 3.02. The molecule has 0 unspecified atom stereocenters.